The van der Waals surface area contributed by atoms with Crippen LogP contribution >= 0.6 is 0 Å². The summed E-state index contributed by atoms with van der Waals surface area (Å²) in [4.78, 5) is 24.4. The molecule has 1 amide bonds. The van der Waals surface area contributed by atoms with Crippen molar-refractivity contribution in [2.45, 2.75) is 24.5 Å². The highest BCUT2D eigenvalue weighted by Crippen LogP contribution is 2.29. The van der Waals surface area contributed by atoms with Gasteiger partial charge in [0.1, 0.15) is 5.54 Å². The molecule has 9 heteroatoms. The molecule has 0 unspecified atom stereocenters. The number of nitrogens with zero attached hydrogens (tertiary/aromatic N) is 2. The summed E-state index contributed by atoms with van der Waals surface area (Å²) in [5.74, 6) is -2.15. The Labute approximate surface area is 122 Å². The fourth-order valence-corrected chi connectivity index (χ4v) is 3.95. The summed E-state index contributed by atoms with van der Waals surface area (Å²) in [6.07, 6.45) is 0. The molecule has 1 N–H and O–H groups in total. The van der Waals surface area contributed by atoms with Crippen molar-refractivity contribution in [2.24, 2.45) is 0 Å². The van der Waals surface area contributed by atoms with Crippen LogP contribution in [0.3, 0.4) is 0 Å². The lowest BCUT2D eigenvalue weighted by Gasteiger charge is -2.42. The van der Waals surface area contributed by atoms with Crippen molar-refractivity contribution >= 4 is 21.9 Å². The number of likely N-dealkylation sites (N-methyl/N-ethyl adjacent to an activating group) is 1. The van der Waals surface area contributed by atoms with Gasteiger partial charge in [0.25, 0.3) is 10.0 Å². The van der Waals surface area contributed by atoms with E-state index in [1.807, 2.05) is 0 Å². The largest absolute Gasteiger partial charge is 0.475 e. The predicted octanol–water partition coefficient (Wildman–Crippen LogP) is 0.219. The number of aromatic carboxylic acids is 1. The minimum Gasteiger partial charge on any atom is -0.475 e. The van der Waals surface area contributed by atoms with E-state index >= 15 is 0 Å². The van der Waals surface area contributed by atoms with Crippen molar-refractivity contribution in [3.05, 3.63) is 17.9 Å². The van der Waals surface area contributed by atoms with Gasteiger partial charge in [0.05, 0.1) is 0 Å². The van der Waals surface area contributed by atoms with Gasteiger partial charge in [-0.2, -0.15) is 4.31 Å². The lowest BCUT2D eigenvalue weighted by Crippen LogP contribution is -2.63. The number of carbonyl (C=O) groups excluding carboxylic acids is 1. The van der Waals surface area contributed by atoms with E-state index in [0.29, 0.717) is 0 Å². The molecule has 0 aliphatic carbocycles. The lowest BCUT2D eigenvalue weighted by molar-refractivity contribution is -0.142. The van der Waals surface area contributed by atoms with Gasteiger partial charge in [0, 0.05) is 20.1 Å². The Morgan fingerprint density at radius 3 is 2.48 bits per heavy atom. The normalized spacial score (nSPS) is 19.8. The number of furan rings is 1. The van der Waals surface area contributed by atoms with E-state index < -0.39 is 32.4 Å². The first-order valence-corrected chi connectivity index (χ1v) is 7.64. The standard InChI is InChI=1S/C12H16N2O6S/c1-12(2)11(17)13(3)6-7-14(12)21(18,19)9-5-4-8(20-9)10(15)16/h4-5H,6-7H2,1-3H3,(H,15,16). The first kappa shape index (κ1) is 15.5. The molecule has 21 heavy (non-hydrogen) atoms. The van der Waals surface area contributed by atoms with Gasteiger partial charge in [-0.05, 0) is 26.0 Å². The molecule has 2 heterocycles. The molecule has 0 bridgehead atoms. The van der Waals surface area contributed by atoms with E-state index in [9.17, 15) is 18.0 Å². The fourth-order valence-electron chi connectivity index (χ4n) is 2.30. The van der Waals surface area contributed by atoms with Crippen LogP contribution in [-0.4, -0.2) is 60.3 Å². The molecule has 0 aromatic carbocycles. The average Bonchev–Trinajstić information content (AvgIpc) is 2.86. The lowest BCUT2D eigenvalue weighted by atomic mass is 10.0. The van der Waals surface area contributed by atoms with Crippen LogP contribution in [0.15, 0.2) is 21.6 Å². The second-order valence-electron chi connectivity index (χ2n) is 5.29. The monoisotopic (exact) mass is 316 g/mol. The van der Waals surface area contributed by atoms with Gasteiger partial charge in [-0.15, -0.1) is 0 Å². The van der Waals surface area contributed by atoms with Crippen LogP contribution in [0.4, 0.5) is 0 Å². The number of carboxylic acid groups (broad SMARTS) is 1. The Kier molecular flexibility index (Phi) is 3.58. The topological polar surface area (TPSA) is 108 Å². The summed E-state index contributed by atoms with van der Waals surface area (Å²) in [7, 11) is -2.48. The van der Waals surface area contributed by atoms with Gasteiger partial charge in [0.15, 0.2) is 0 Å². The fraction of sp³-hybridized carbons (Fsp3) is 0.500. The highest BCUT2D eigenvalue weighted by Gasteiger charge is 2.48. The Balaban J connectivity index is 2.43. The predicted molar refractivity (Wildman–Crippen MR) is 71.3 cm³/mol. The molecular weight excluding hydrogens is 300 g/mol. The Hall–Kier alpha value is -1.87. The Morgan fingerprint density at radius 2 is 1.95 bits per heavy atom. The van der Waals surface area contributed by atoms with E-state index in [2.05, 4.69) is 0 Å². The Bertz CT molecular complexity index is 690. The molecule has 0 saturated carbocycles. The summed E-state index contributed by atoms with van der Waals surface area (Å²) in [5, 5.41) is 8.31. The summed E-state index contributed by atoms with van der Waals surface area (Å²) in [5.41, 5.74) is -1.26. The van der Waals surface area contributed by atoms with E-state index in [1.54, 1.807) is 7.05 Å². The summed E-state index contributed by atoms with van der Waals surface area (Å²) >= 11 is 0. The number of carboxylic acids is 1. The molecule has 1 aromatic heterocycles. The van der Waals surface area contributed by atoms with Crippen LogP contribution in [0.25, 0.3) is 0 Å². The molecule has 8 nitrogen and oxygen atoms in total. The van der Waals surface area contributed by atoms with Gasteiger partial charge in [-0.25, -0.2) is 13.2 Å². The third-order valence-corrected chi connectivity index (χ3v) is 5.42. The zero-order chi connectivity index (χ0) is 16.0. The molecule has 1 fully saturated rings. The van der Waals surface area contributed by atoms with Crippen molar-refractivity contribution in [1.29, 1.82) is 0 Å². The smallest absolute Gasteiger partial charge is 0.371 e. The SMILES string of the molecule is CN1CCN(S(=O)(=O)c2ccc(C(=O)O)o2)C(C)(C)C1=O. The molecule has 1 aromatic rings. The number of piperazine rings is 1. The van der Waals surface area contributed by atoms with Crippen molar-refractivity contribution in [3.8, 4) is 0 Å². The van der Waals surface area contributed by atoms with Gasteiger partial charge in [-0.1, -0.05) is 0 Å². The molecule has 1 aliphatic rings. The summed E-state index contributed by atoms with van der Waals surface area (Å²) < 4.78 is 31.0. The molecule has 0 radical (unpaired) electrons. The molecule has 1 aliphatic heterocycles. The van der Waals surface area contributed by atoms with Crippen LogP contribution in [0, 0.1) is 0 Å². The van der Waals surface area contributed by atoms with Crippen LogP contribution in [-0.2, 0) is 14.8 Å². The first-order chi connectivity index (χ1) is 9.58. The zero-order valence-corrected chi connectivity index (χ0v) is 12.7. The van der Waals surface area contributed by atoms with Crippen LogP contribution in [0.2, 0.25) is 0 Å². The molecule has 2 rings (SSSR count). The number of sulfonamides is 1. The molecule has 0 atom stereocenters. The van der Waals surface area contributed by atoms with E-state index in [0.717, 1.165) is 16.4 Å². The molecule has 116 valence electrons. The molecule has 0 spiro atoms. The van der Waals surface area contributed by atoms with Crippen molar-refractivity contribution < 1.29 is 27.5 Å². The van der Waals surface area contributed by atoms with Gasteiger partial charge < -0.3 is 14.4 Å². The first-order valence-electron chi connectivity index (χ1n) is 6.20. The van der Waals surface area contributed by atoms with Gasteiger partial charge >= 0.3 is 5.97 Å². The highest BCUT2D eigenvalue weighted by atomic mass is 32.2. The van der Waals surface area contributed by atoms with Gasteiger partial charge in [0.2, 0.25) is 16.8 Å². The maximum atomic E-state index is 12.6. The third-order valence-electron chi connectivity index (χ3n) is 3.47. The quantitative estimate of drug-likeness (QED) is 0.854. The van der Waals surface area contributed by atoms with E-state index in [-0.39, 0.29) is 19.0 Å². The average molecular weight is 316 g/mol. The minimum atomic E-state index is -4.08. The summed E-state index contributed by atoms with van der Waals surface area (Å²) in [6.45, 7) is 3.38. The maximum absolute atomic E-state index is 12.6. The van der Waals surface area contributed by atoms with E-state index in [4.69, 9.17) is 9.52 Å². The van der Waals surface area contributed by atoms with Crippen LogP contribution in [0.5, 0.6) is 0 Å². The second-order valence-corrected chi connectivity index (χ2v) is 7.08. The number of amides is 1. The highest BCUT2D eigenvalue weighted by molar-refractivity contribution is 7.89. The van der Waals surface area contributed by atoms with E-state index in [1.165, 1.54) is 18.7 Å². The second kappa shape index (κ2) is 4.85. The molecular formula is C12H16N2O6S. The minimum absolute atomic E-state index is 0.112. The van der Waals surface area contributed by atoms with Crippen molar-refractivity contribution in [1.82, 2.24) is 9.21 Å². The molecule has 1 saturated heterocycles. The Morgan fingerprint density at radius 1 is 1.33 bits per heavy atom. The number of hydrogen-bond acceptors (Lipinski definition) is 5. The van der Waals surface area contributed by atoms with Gasteiger partial charge in [-0.3, -0.25) is 4.79 Å². The number of rotatable bonds is 3. The van der Waals surface area contributed by atoms with Crippen LogP contribution < -0.4 is 0 Å². The zero-order valence-electron chi connectivity index (χ0n) is 11.9. The maximum Gasteiger partial charge on any atom is 0.371 e. The van der Waals surface area contributed by atoms with Crippen molar-refractivity contribution in [2.75, 3.05) is 20.1 Å². The number of carbonyl (C=O) groups is 2. The third kappa shape index (κ3) is 2.42. The van der Waals surface area contributed by atoms with Crippen molar-refractivity contribution in [3.63, 3.8) is 0 Å². The van der Waals surface area contributed by atoms with Crippen LogP contribution in [0.1, 0.15) is 24.4 Å². The summed E-state index contributed by atoms with van der Waals surface area (Å²) in [6, 6.07) is 2.15. The number of hydrogen-bond donors (Lipinski definition) is 1.